The Morgan fingerprint density at radius 2 is 2.44 bits per heavy atom. The van der Waals surface area contributed by atoms with Gasteiger partial charge in [-0.25, -0.2) is 0 Å². The number of nitrogens with one attached hydrogen (secondary N) is 1. The monoisotopic (exact) mass is 128 g/mol. The van der Waals surface area contributed by atoms with Crippen LogP contribution in [0.5, 0.6) is 0 Å². The molecule has 1 aliphatic heterocycles. The zero-order valence-corrected chi connectivity index (χ0v) is 4.92. The highest BCUT2D eigenvalue weighted by molar-refractivity contribution is 6.02. The van der Waals surface area contributed by atoms with E-state index in [9.17, 15) is 4.79 Å². The second-order valence-corrected chi connectivity index (χ2v) is 1.94. The fourth-order valence-corrected chi connectivity index (χ4v) is 0.768. The van der Waals surface area contributed by atoms with E-state index in [4.69, 9.17) is 5.21 Å². The molecule has 0 saturated carbocycles. The summed E-state index contributed by atoms with van der Waals surface area (Å²) >= 11 is 0. The van der Waals surface area contributed by atoms with Gasteiger partial charge in [-0.1, -0.05) is 5.16 Å². The van der Waals surface area contributed by atoms with Crippen LogP contribution in [0, 0.1) is 0 Å². The van der Waals surface area contributed by atoms with Gasteiger partial charge in [0.2, 0.25) is 5.91 Å². The second kappa shape index (κ2) is 2.48. The smallest absolute Gasteiger partial charge is 0.225 e. The van der Waals surface area contributed by atoms with Crippen LogP contribution in [0.4, 0.5) is 0 Å². The maximum Gasteiger partial charge on any atom is 0.225 e. The Hall–Kier alpha value is -1.06. The molecule has 0 aromatic rings. The summed E-state index contributed by atoms with van der Waals surface area (Å²) in [6.07, 6.45) is 0.915. The van der Waals surface area contributed by atoms with Crippen molar-refractivity contribution in [3.8, 4) is 0 Å². The third-order valence-corrected chi connectivity index (χ3v) is 1.24. The first-order chi connectivity index (χ1) is 4.33. The van der Waals surface area contributed by atoms with Gasteiger partial charge in [-0.05, 0) is 0 Å². The highest BCUT2D eigenvalue weighted by Crippen LogP contribution is 1.97. The molecule has 0 radical (unpaired) electrons. The van der Waals surface area contributed by atoms with Crippen LogP contribution >= 0.6 is 0 Å². The normalized spacial score (nSPS) is 24.0. The lowest BCUT2D eigenvalue weighted by Gasteiger charge is -2.11. The molecule has 4 nitrogen and oxygen atoms in total. The zero-order chi connectivity index (χ0) is 6.69. The van der Waals surface area contributed by atoms with E-state index in [-0.39, 0.29) is 12.3 Å². The molecule has 0 atom stereocenters. The van der Waals surface area contributed by atoms with Gasteiger partial charge in [0.15, 0.2) is 0 Å². The van der Waals surface area contributed by atoms with Gasteiger partial charge in [0, 0.05) is 13.0 Å². The van der Waals surface area contributed by atoms with Crippen molar-refractivity contribution in [1.29, 1.82) is 0 Å². The van der Waals surface area contributed by atoms with Crippen molar-refractivity contribution in [2.75, 3.05) is 6.54 Å². The van der Waals surface area contributed by atoms with E-state index in [1.54, 1.807) is 0 Å². The average molecular weight is 128 g/mol. The highest BCUT2D eigenvalue weighted by atomic mass is 16.4. The molecule has 1 fully saturated rings. The summed E-state index contributed by atoms with van der Waals surface area (Å²) in [6.45, 7) is 0.595. The predicted molar refractivity (Wildman–Crippen MR) is 31.5 cm³/mol. The predicted octanol–water partition coefficient (Wildman–Crippen LogP) is -0.273. The number of hydrogen-bond donors (Lipinski definition) is 2. The van der Waals surface area contributed by atoms with Crippen molar-refractivity contribution in [2.24, 2.45) is 5.16 Å². The van der Waals surface area contributed by atoms with Gasteiger partial charge in [0.1, 0.15) is 0 Å². The lowest BCUT2D eigenvalue weighted by molar-refractivity contribution is -0.120. The van der Waals surface area contributed by atoms with Crippen LogP contribution in [0.25, 0.3) is 0 Å². The van der Waals surface area contributed by atoms with Crippen LogP contribution in [-0.4, -0.2) is 23.4 Å². The number of carbonyl (C=O) groups excluding carboxylic acids is 1. The second-order valence-electron chi connectivity index (χ2n) is 1.94. The van der Waals surface area contributed by atoms with Gasteiger partial charge in [-0.2, -0.15) is 0 Å². The Bertz CT molecular complexity index is 153. The summed E-state index contributed by atoms with van der Waals surface area (Å²) in [7, 11) is 0. The topological polar surface area (TPSA) is 61.7 Å². The number of rotatable bonds is 0. The molecule has 0 aromatic carbocycles. The summed E-state index contributed by atoms with van der Waals surface area (Å²) in [4.78, 5) is 10.5. The molecule has 0 aromatic heterocycles. The van der Waals surface area contributed by atoms with Gasteiger partial charge < -0.3 is 10.5 Å². The number of nitrogens with zero attached hydrogens (tertiary/aromatic N) is 1. The molecular weight excluding hydrogens is 120 g/mol. The number of carbonyl (C=O) groups is 1. The van der Waals surface area contributed by atoms with E-state index in [1.165, 1.54) is 0 Å². The maximum atomic E-state index is 10.5. The van der Waals surface area contributed by atoms with Gasteiger partial charge in [0.05, 0.1) is 12.1 Å². The third kappa shape index (κ3) is 1.42. The van der Waals surface area contributed by atoms with E-state index in [0.29, 0.717) is 18.7 Å². The van der Waals surface area contributed by atoms with Gasteiger partial charge in [-0.3, -0.25) is 4.79 Å². The van der Waals surface area contributed by atoms with Crippen LogP contribution in [0.3, 0.4) is 0 Å². The molecule has 1 rings (SSSR count). The van der Waals surface area contributed by atoms with E-state index in [1.807, 2.05) is 0 Å². The van der Waals surface area contributed by atoms with Crippen LogP contribution in [-0.2, 0) is 4.79 Å². The Labute approximate surface area is 52.5 Å². The van der Waals surface area contributed by atoms with Crippen molar-refractivity contribution >= 4 is 11.6 Å². The third-order valence-electron chi connectivity index (χ3n) is 1.24. The SMILES string of the molecule is O=C1C/C(=N/O)CCN1. The van der Waals surface area contributed by atoms with Crippen LogP contribution in [0.1, 0.15) is 12.8 Å². The molecule has 1 saturated heterocycles. The lowest BCUT2D eigenvalue weighted by Crippen LogP contribution is -2.33. The minimum absolute atomic E-state index is 0.0611. The minimum atomic E-state index is -0.0611. The molecule has 1 aliphatic rings. The zero-order valence-electron chi connectivity index (χ0n) is 4.92. The maximum absolute atomic E-state index is 10.5. The standard InChI is InChI=1S/C5H8N2O2/c8-5-3-4(7-9)1-2-6-5/h9H,1-3H2,(H,6,8)/b7-4+. The fraction of sp³-hybridized carbons (Fsp3) is 0.600. The van der Waals surface area contributed by atoms with Crippen molar-refractivity contribution in [1.82, 2.24) is 5.32 Å². The molecule has 9 heavy (non-hydrogen) atoms. The fourth-order valence-electron chi connectivity index (χ4n) is 0.768. The van der Waals surface area contributed by atoms with Crippen molar-refractivity contribution in [2.45, 2.75) is 12.8 Å². The molecule has 1 amide bonds. The first-order valence-electron chi connectivity index (χ1n) is 2.79. The van der Waals surface area contributed by atoms with Crippen molar-refractivity contribution < 1.29 is 10.0 Å². The Kier molecular flexibility index (Phi) is 1.67. The summed E-state index contributed by atoms with van der Waals surface area (Å²) in [6, 6.07) is 0. The van der Waals surface area contributed by atoms with E-state index < -0.39 is 0 Å². The molecule has 2 N–H and O–H groups in total. The Morgan fingerprint density at radius 1 is 1.67 bits per heavy atom. The van der Waals surface area contributed by atoms with Gasteiger partial charge in [0.25, 0.3) is 0 Å². The minimum Gasteiger partial charge on any atom is -0.411 e. The van der Waals surface area contributed by atoms with Gasteiger partial charge in [-0.15, -0.1) is 0 Å². The van der Waals surface area contributed by atoms with Crippen LogP contribution in [0.15, 0.2) is 5.16 Å². The number of hydrogen-bond acceptors (Lipinski definition) is 3. The molecule has 0 aliphatic carbocycles. The van der Waals surface area contributed by atoms with E-state index >= 15 is 0 Å². The van der Waals surface area contributed by atoms with E-state index in [0.717, 1.165) is 0 Å². The number of oxime groups is 1. The summed E-state index contributed by atoms with van der Waals surface area (Å²) in [5.74, 6) is -0.0611. The van der Waals surface area contributed by atoms with Crippen molar-refractivity contribution in [3.05, 3.63) is 0 Å². The summed E-state index contributed by atoms with van der Waals surface area (Å²) < 4.78 is 0. The molecule has 0 unspecified atom stereocenters. The van der Waals surface area contributed by atoms with Crippen molar-refractivity contribution in [3.63, 3.8) is 0 Å². The number of amides is 1. The van der Waals surface area contributed by atoms with E-state index in [2.05, 4.69) is 10.5 Å². The lowest BCUT2D eigenvalue weighted by atomic mass is 10.1. The summed E-state index contributed by atoms with van der Waals surface area (Å²) in [5.41, 5.74) is 0.568. The molecular formula is C5H8N2O2. The molecule has 1 heterocycles. The summed E-state index contributed by atoms with van der Waals surface area (Å²) in [5, 5.41) is 13.8. The van der Waals surface area contributed by atoms with Crippen LogP contribution < -0.4 is 5.32 Å². The first kappa shape index (κ1) is 6.07. The Morgan fingerprint density at radius 3 is 2.89 bits per heavy atom. The molecule has 0 spiro atoms. The largest absolute Gasteiger partial charge is 0.411 e. The van der Waals surface area contributed by atoms with Gasteiger partial charge >= 0.3 is 0 Å². The Balaban J connectivity index is 2.51. The molecule has 0 bridgehead atoms. The molecule has 50 valence electrons. The highest BCUT2D eigenvalue weighted by Gasteiger charge is 2.12. The molecule has 4 heteroatoms. The average Bonchev–Trinajstić information content (AvgIpc) is 1.88. The first-order valence-corrected chi connectivity index (χ1v) is 2.79. The quantitative estimate of drug-likeness (QED) is 0.348. The van der Waals surface area contributed by atoms with Crippen LogP contribution in [0.2, 0.25) is 0 Å². The number of piperidine rings is 1.